The average Bonchev–Trinajstić information content (AvgIpc) is 2.88. The van der Waals surface area contributed by atoms with Crippen molar-refractivity contribution in [1.29, 1.82) is 0 Å². The maximum absolute atomic E-state index is 12.6. The molecule has 3 N–H and O–H groups in total. The molecular formula is C14H24N4OS. The molecule has 5 nitrogen and oxygen atoms in total. The SMILES string of the molecule is CC(C)CNc1nc(N)c(C(=O)N2CCCC2(C)C)s1. The highest BCUT2D eigenvalue weighted by Crippen LogP contribution is 2.33. The number of nitrogens with one attached hydrogen (secondary N) is 1. The molecule has 0 saturated carbocycles. The second-order valence-corrected chi connectivity index (χ2v) is 7.38. The summed E-state index contributed by atoms with van der Waals surface area (Å²) in [6.07, 6.45) is 2.09. The molecule has 1 aromatic heterocycles. The molecule has 0 unspecified atom stereocenters. The van der Waals surface area contributed by atoms with Crippen molar-refractivity contribution >= 4 is 28.2 Å². The van der Waals surface area contributed by atoms with Gasteiger partial charge in [-0.05, 0) is 32.6 Å². The maximum Gasteiger partial charge on any atom is 0.268 e. The van der Waals surface area contributed by atoms with E-state index in [1.165, 1.54) is 11.3 Å². The fourth-order valence-corrected chi connectivity index (χ4v) is 3.30. The molecule has 1 aliphatic heterocycles. The number of nitrogens with two attached hydrogens (primary N) is 1. The average molecular weight is 296 g/mol. The van der Waals surface area contributed by atoms with Gasteiger partial charge in [-0.15, -0.1) is 0 Å². The minimum Gasteiger partial charge on any atom is -0.382 e. The molecule has 20 heavy (non-hydrogen) atoms. The number of likely N-dealkylation sites (tertiary alicyclic amines) is 1. The first kappa shape index (κ1) is 15.1. The van der Waals surface area contributed by atoms with Crippen LogP contribution in [-0.4, -0.2) is 34.4 Å². The lowest BCUT2D eigenvalue weighted by atomic mass is 10.0. The summed E-state index contributed by atoms with van der Waals surface area (Å²) in [6.45, 7) is 10.1. The van der Waals surface area contributed by atoms with Gasteiger partial charge in [0.25, 0.3) is 5.91 Å². The topological polar surface area (TPSA) is 71.2 Å². The third kappa shape index (κ3) is 3.06. The van der Waals surface area contributed by atoms with E-state index in [0.29, 0.717) is 16.6 Å². The first-order chi connectivity index (χ1) is 9.31. The predicted octanol–water partition coefficient (Wildman–Crippen LogP) is 2.81. The van der Waals surface area contributed by atoms with Gasteiger partial charge in [0.1, 0.15) is 10.7 Å². The summed E-state index contributed by atoms with van der Waals surface area (Å²) >= 11 is 1.36. The smallest absolute Gasteiger partial charge is 0.268 e. The summed E-state index contributed by atoms with van der Waals surface area (Å²) in [5, 5.41) is 3.96. The zero-order chi connectivity index (χ0) is 14.9. The number of rotatable bonds is 4. The molecule has 1 fully saturated rings. The van der Waals surface area contributed by atoms with Gasteiger partial charge in [0.15, 0.2) is 5.13 Å². The first-order valence-corrected chi connectivity index (χ1v) is 7.95. The Morgan fingerprint density at radius 1 is 1.55 bits per heavy atom. The number of hydrogen-bond acceptors (Lipinski definition) is 5. The van der Waals surface area contributed by atoms with Crippen LogP contribution >= 0.6 is 11.3 Å². The summed E-state index contributed by atoms with van der Waals surface area (Å²) in [7, 11) is 0. The van der Waals surface area contributed by atoms with E-state index in [1.807, 2.05) is 4.90 Å². The standard InChI is InChI=1S/C14H24N4OS/c1-9(2)8-16-13-17-11(15)10(20-13)12(19)18-7-5-6-14(18,3)4/h9H,5-8,15H2,1-4H3,(H,16,17). The van der Waals surface area contributed by atoms with E-state index in [0.717, 1.165) is 31.1 Å². The summed E-state index contributed by atoms with van der Waals surface area (Å²) in [5.74, 6) is 0.880. The Kier molecular flexibility index (Phi) is 4.22. The van der Waals surface area contributed by atoms with Crippen LogP contribution in [0.1, 0.15) is 50.2 Å². The predicted molar refractivity (Wildman–Crippen MR) is 84.2 cm³/mol. The quantitative estimate of drug-likeness (QED) is 0.896. The summed E-state index contributed by atoms with van der Waals surface area (Å²) in [5.41, 5.74) is 5.83. The summed E-state index contributed by atoms with van der Waals surface area (Å²) in [4.78, 5) is 19.4. The van der Waals surface area contributed by atoms with Crippen molar-refractivity contribution in [3.63, 3.8) is 0 Å². The molecule has 112 valence electrons. The van der Waals surface area contributed by atoms with Gasteiger partial charge in [0, 0.05) is 18.6 Å². The number of carbonyl (C=O) groups is 1. The van der Waals surface area contributed by atoms with Gasteiger partial charge in [0.05, 0.1) is 0 Å². The summed E-state index contributed by atoms with van der Waals surface area (Å²) < 4.78 is 0. The normalized spacial score (nSPS) is 17.8. The number of nitrogens with zero attached hydrogens (tertiary/aromatic N) is 2. The third-order valence-corrected chi connectivity index (χ3v) is 4.67. The lowest BCUT2D eigenvalue weighted by Crippen LogP contribution is -2.42. The minimum absolute atomic E-state index is 0.0140. The van der Waals surface area contributed by atoms with E-state index in [9.17, 15) is 4.79 Å². The molecule has 6 heteroatoms. The van der Waals surface area contributed by atoms with Crippen molar-refractivity contribution < 1.29 is 4.79 Å². The Labute approximate surface area is 124 Å². The molecule has 1 amide bonds. The van der Waals surface area contributed by atoms with Gasteiger partial charge in [-0.25, -0.2) is 4.98 Å². The molecule has 1 aliphatic rings. The van der Waals surface area contributed by atoms with Gasteiger partial charge in [-0.2, -0.15) is 0 Å². The van der Waals surface area contributed by atoms with Crippen molar-refractivity contribution in [2.24, 2.45) is 5.92 Å². The van der Waals surface area contributed by atoms with Crippen molar-refractivity contribution in [3.05, 3.63) is 4.88 Å². The molecule has 2 rings (SSSR count). The molecule has 0 radical (unpaired) electrons. The van der Waals surface area contributed by atoms with E-state index in [4.69, 9.17) is 5.73 Å². The van der Waals surface area contributed by atoms with Crippen LogP contribution in [0.3, 0.4) is 0 Å². The maximum atomic E-state index is 12.6. The fourth-order valence-electron chi connectivity index (χ4n) is 2.46. The van der Waals surface area contributed by atoms with E-state index < -0.39 is 0 Å². The molecule has 0 aromatic carbocycles. The Balaban J connectivity index is 2.14. The van der Waals surface area contributed by atoms with E-state index in [-0.39, 0.29) is 11.4 Å². The van der Waals surface area contributed by atoms with Crippen LogP contribution in [0.2, 0.25) is 0 Å². The lowest BCUT2D eigenvalue weighted by Gasteiger charge is -2.31. The van der Waals surface area contributed by atoms with Crippen molar-refractivity contribution in [2.45, 2.75) is 46.1 Å². The van der Waals surface area contributed by atoms with Gasteiger partial charge < -0.3 is 16.0 Å². The number of aromatic nitrogens is 1. The van der Waals surface area contributed by atoms with Gasteiger partial charge in [-0.1, -0.05) is 25.2 Å². The van der Waals surface area contributed by atoms with E-state index in [1.54, 1.807) is 0 Å². The van der Waals surface area contributed by atoms with E-state index in [2.05, 4.69) is 38.0 Å². The van der Waals surface area contributed by atoms with Gasteiger partial charge in [-0.3, -0.25) is 4.79 Å². The lowest BCUT2D eigenvalue weighted by molar-refractivity contribution is 0.0658. The molecule has 0 spiro atoms. The van der Waals surface area contributed by atoms with Gasteiger partial charge >= 0.3 is 0 Å². The van der Waals surface area contributed by atoms with Crippen LogP contribution < -0.4 is 11.1 Å². The van der Waals surface area contributed by atoms with Crippen molar-refractivity contribution in [1.82, 2.24) is 9.88 Å². The molecule has 0 atom stereocenters. The molecule has 1 aromatic rings. The summed E-state index contributed by atoms with van der Waals surface area (Å²) in [6, 6.07) is 0. The molecular weight excluding hydrogens is 272 g/mol. The van der Waals surface area contributed by atoms with Crippen LogP contribution in [0.5, 0.6) is 0 Å². The van der Waals surface area contributed by atoms with Crippen LogP contribution in [-0.2, 0) is 0 Å². The Morgan fingerprint density at radius 2 is 2.25 bits per heavy atom. The van der Waals surface area contributed by atoms with Crippen LogP contribution in [0, 0.1) is 5.92 Å². The number of amides is 1. The minimum atomic E-state index is -0.0843. The third-order valence-electron chi connectivity index (χ3n) is 3.66. The highest BCUT2D eigenvalue weighted by atomic mass is 32.1. The zero-order valence-electron chi connectivity index (χ0n) is 12.7. The fraction of sp³-hybridized carbons (Fsp3) is 0.714. The molecule has 0 bridgehead atoms. The van der Waals surface area contributed by atoms with E-state index >= 15 is 0 Å². The Bertz CT molecular complexity index is 495. The van der Waals surface area contributed by atoms with Crippen LogP contribution in [0.15, 0.2) is 0 Å². The number of nitrogen functional groups attached to an aromatic ring is 1. The number of carbonyl (C=O) groups excluding carboxylic acids is 1. The molecule has 0 aliphatic carbocycles. The number of anilines is 2. The van der Waals surface area contributed by atoms with Crippen molar-refractivity contribution in [2.75, 3.05) is 24.1 Å². The number of thiazole rings is 1. The highest BCUT2D eigenvalue weighted by Gasteiger charge is 2.37. The van der Waals surface area contributed by atoms with Crippen LogP contribution in [0.25, 0.3) is 0 Å². The number of hydrogen-bond donors (Lipinski definition) is 2. The Hall–Kier alpha value is -1.30. The monoisotopic (exact) mass is 296 g/mol. The zero-order valence-corrected chi connectivity index (χ0v) is 13.5. The highest BCUT2D eigenvalue weighted by molar-refractivity contribution is 7.18. The second-order valence-electron chi connectivity index (χ2n) is 6.38. The van der Waals surface area contributed by atoms with Crippen molar-refractivity contribution in [3.8, 4) is 0 Å². The first-order valence-electron chi connectivity index (χ1n) is 7.13. The second kappa shape index (κ2) is 5.60. The van der Waals surface area contributed by atoms with Crippen LogP contribution in [0.4, 0.5) is 10.9 Å². The largest absolute Gasteiger partial charge is 0.382 e. The van der Waals surface area contributed by atoms with Gasteiger partial charge in [0.2, 0.25) is 0 Å². The Morgan fingerprint density at radius 3 is 2.80 bits per heavy atom. The molecule has 2 heterocycles. The molecule has 1 saturated heterocycles.